The van der Waals surface area contributed by atoms with E-state index in [4.69, 9.17) is 4.42 Å². The SMILES string of the molecule is CCNC(=NCc1ncc(C(C)(C)C)o1)N(C)CC(=O)NC(C)(C)C. The summed E-state index contributed by atoms with van der Waals surface area (Å²) in [4.78, 5) is 22.7. The Labute approximate surface area is 151 Å². The number of aliphatic imine (C=N–C) groups is 1. The van der Waals surface area contributed by atoms with Crippen LogP contribution in [0.25, 0.3) is 0 Å². The van der Waals surface area contributed by atoms with Crippen molar-refractivity contribution in [1.82, 2.24) is 20.5 Å². The molecule has 1 rings (SSSR count). The molecule has 0 aliphatic carbocycles. The van der Waals surface area contributed by atoms with E-state index in [1.807, 2.05) is 34.7 Å². The summed E-state index contributed by atoms with van der Waals surface area (Å²) in [6.45, 7) is 15.3. The van der Waals surface area contributed by atoms with Crippen molar-refractivity contribution in [1.29, 1.82) is 0 Å². The lowest BCUT2D eigenvalue weighted by Gasteiger charge is -2.25. The predicted octanol–water partition coefficient (Wildman–Crippen LogP) is 2.28. The third kappa shape index (κ3) is 7.58. The van der Waals surface area contributed by atoms with Crippen LogP contribution in [0, 0.1) is 0 Å². The highest BCUT2D eigenvalue weighted by Gasteiger charge is 2.20. The third-order valence-electron chi connectivity index (χ3n) is 3.25. The van der Waals surface area contributed by atoms with Gasteiger partial charge in [0.05, 0.1) is 12.7 Å². The Balaban J connectivity index is 2.76. The quantitative estimate of drug-likeness (QED) is 0.628. The van der Waals surface area contributed by atoms with Gasteiger partial charge in [0.25, 0.3) is 0 Å². The van der Waals surface area contributed by atoms with Crippen LogP contribution in [-0.4, -0.2) is 47.4 Å². The van der Waals surface area contributed by atoms with Crippen molar-refractivity contribution in [3.8, 4) is 0 Å². The van der Waals surface area contributed by atoms with E-state index in [0.717, 1.165) is 5.76 Å². The van der Waals surface area contributed by atoms with Gasteiger partial charge in [-0.15, -0.1) is 0 Å². The first-order valence-corrected chi connectivity index (χ1v) is 8.68. The van der Waals surface area contributed by atoms with Crippen LogP contribution in [0.2, 0.25) is 0 Å². The lowest BCUT2D eigenvalue weighted by Crippen LogP contribution is -2.48. The van der Waals surface area contributed by atoms with Crippen molar-refractivity contribution >= 4 is 11.9 Å². The maximum absolute atomic E-state index is 12.1. The molecular formula is C18H33N5O2. The van der Waals surface area contributed by atoms with Gasteiger partial charge in [-0.3, -0.25) is 4.79 Å². The van der Waals surface area contributed by atoms with Gasteiger partial charge >= 0.3 is 0 Å². The molecule has 0 fully saturated rings. The molecule has 0 aromatic carbocycles. The second kappa shape index (κ2) is 8.36. The van der Waals surface area contributed by atoms with E-state index in [-0.39, 0.29) is 23.4 Å². The number of nitrogens with one attached hydrogen (secondary N) is 2. The zero-order chi connectivity index (χ0) is 19.3. The topological polar surface area (TPSA) is 82.8 Å². The zero-order valence-corrected chi connectivity index (χ0v) is 16.9. The third-order valence-corrected chi connectivity index (χ3v) is 3.25. The summed E-state index contributed by atoms with van der Waals surface area (Å²) in [6, 6.07) is 0. The van der Waals surface area contributed by atoms with Crippen LogP contribution in [-0.2, 0) is 16.8 Å². The Kier molecular flexibility index (Phi) is 7.02. The van der Waals surface area contributed by atoms with Crippen LogP contribution in [0.1, 0.15) is 60.1 Å². The summed E-state index contributed by atoms with van der Waals surface area (Å²) < 4.78 is 5.76. The summed E-state index contributed by atoms with van der Waals surface area (Å²) in [5.41, 5.74) is -0.337. The largest absolute Gasteiger partial charge is 0.443 e. The minimum absolute atomic E-state index is 0.0493. The molecular weight excluding hydrogens is 318 g/mol. The molecule has 1 aromatic heterocycles. The maximum atomic E-state index is 12.1. The molecule has 2 N–H and O–H groups in total. The number of guanidine groups is 1. The highest BCUT2D eigenvalue weighted by Crippen LogP contribution is 2.22. The van der Waals surface area contributed by atoms with E-state index in [1.165, 1.54) is 0 Å². The molecule has 0 unspecified atom stereocenters. The highest BCUT2D eigenvalue weighted by atomic mass is 16.4. The second-order valence-electron chi connectivity index (χ2n) is 8.19. The van der Waals surface area contributed by atoms with Crippen LogP contribution in [0.15, 0.2) is 15.6 Å². The van der Waals surface area contributed by atoms with Gasteiger partial charge in [0, 0.05) is 24.5 Å². The summed E-state index contributed by atoms with van der Waals surface area (Å²) in [5.74, 6) is 1.99. The Morgan fingerprint density at radius 2 is 1.92 bits per heavy atom. The fraction of sp³-hybridized carbons (Fsp3) is 0.722. The Morgan fingerprint density at radius 1 is 1.28 bits per heavy atom. The average molecular weight is 351 g/mol. The normalized spacial score (nSPS) is 12.9. The first-order chi connectivity index (χ1) is 11.4. The molecule has 0 spiro atoms. The van der Waals surface area contributed by atoms with Gasteiger partial charge in [-0.25, -0.2) is 9.98 Å². The number of aromatic nitrogens is 1. The molecule has 0 bridgehead atoms. The van der Waals surface area contributed by atoms with Crippen molar-refractivity contribution in [3.63, 3.8) is 0 Å². The van der Waals surface area contributed by atoms with Gasteiger partial charge in [-0.1, -0.05) is 20.8 Å². The predicted molar refractivity (Wildman–Crippen MR) is 101 cm³/mol. The summed E-state index contributed by atoms with van der Waals surface area (Å²) in [6.07, 6.45) is 1.75. The van der Waals surface area contributed by atoms with E-state index in [9.17, 15) is 4.79 Å². The minimum Gasteiger partial charge on any atom is -0.443 e. The number of amides is 1. The Morgan fingerprint density at radius 3 is 2.40 bits per heavy atom. The molecule has 0 aliphatic heterocycles. The first kappa shape index (κ1) is 21.0. The van der Waals surface area contributed by atoms with Gasteiger partial charge < -0.3 is 20.0 Å². The van der Waals surface area contributed by atoms with Crippen LogP contribution < -0.4 is 10.6 Å². The maximum Gasteiger partial charge on any atom is 0.240 e. The molecule has 7 heteroatoms. The molecule has 0 atom stereocenters. The summed E-state index contributed by atoms with van der Waals surface area (Å²) >= 11 is 0. The number of likely N-dealkylation sites (N-methyl/N-ethyl adjacent to an activating group) is 1. The van der Waals surface area contributed by atoms with Gasteiger partial charge in [-0.2, -0.15) is 0 Å². The number of rotatable bonds is 5. The molecule has 1 amide bonds. The monoisotopic (exact) mass is 351 g/mol. The number of hydrogen-bond donors (Lipinski definition) is 2. The van der Waals surface area contributed by atoms with Gasteiger partial charge in [-0.05, 0) is 27.7 Å². The lowest BCUT2D eigenvalue weighted by atomic mass is 9.94. The number of carbonyl (C=O) groups excluding carboxylic acids is 1. The van der Waals surface area contributed by atoms with Gasteiger partial charge in [0.2, 0.25) is 11.8 Å². The number of hydrogen-bond acceptors (Lipinski definition) is 4. The van der Waals surface area contributed by atoms with Gasteiger partial charge in [0.15, 0.2) is 5.96 Å². The molecule has 0 saturated heterocycles. The van der Waals surface area contributed by atoms with Crippen LogP contribution >= 0.6 is 0 Å². The molecule has 1 heterocycles. The Bertz CT molecular complexity index is 593. The van der Waals surface area contributed by atoms with Crippen LogP contribution in [0.3, 0.4) is 0 Å². The molecule has 142 valence electrons. The van der Waals surface area contributed by atoms with Gasteiger partial charge in [0.1, 0.15) is 12.3 Å². The Hall–Kier alpha value is -2.05. The van der Waals surface area contributed by atoms with Crippen molar-refractivity contribution < 1.29 is 9.21 Å². The fourth-order valence-electron chi connectivity index (χ4n) is 2.09. The molecule has 0 radical (unpaired) electrons. The van der Waals surface area contributed by atoms with Crippen LogP contribution in [0.4, 0.5) is 0 Å². The zero-order valence-electron chi connectivity index (χ0n) is 16.9. The second-order valence-corrected chi connectivity index (χ2v) is 8.19. The summed E-state index contributed by atoms with van der Waals surface area (Å²) in [5, 5.41) is 6.13. The summed E-state index contributed by atoms with van der Waals surface area (Å²) in [7, 11) is 1.83. The standard InChI is InChI=1S/C18H33N5O2/c1-9-19-16(23(8)12-14(24)22-18(5,6)7)21-11-15-20-10-13(25-15)17(2,3)4/h10H,9,11-12H2,1-8H3,(H,19,21)(H,22,24). The van der Waals surface area contributed by atoms with E-state index in [0.29, 0.717) is 24.9 Å². The van der Waals surface area contributed by atoms with E-state index >= 15 is 0 Å². The average Bonchev–Trinajstić information content (AvgIpc) is 2.89. The molecule has 1 aromatic rings. The molecule has 7 nitrogen and oxygen atoms in total. The smallest absolute Gasteiger partial charge is 0.240 e. The molecule has 0 saturated carbocycles. The fourth-order valence-corrected chi connectivity index (χ4v) is 2.09. The van der Waals surface area contributed by atoms with Crippen LogP contribution in [0.5, 0.6) is 0 Å². The van der Waals surface area contributed by atoms with E-state index in [1.54, 1.807) is 11.1 Å². The van der Waals surface area contributed by atoms with Crippen molar-refractivity contribution in [2.45, 2.75) is 66.0 Å². The van der Waals surface area contributed by atoms with Crippen molar-refractivity contribution in [2.75, 3.05) is 20.1 Å². The first-order valence-electron chi connectivity index (χ1n) is 8.68. The van der Waals surface area contributed by atoms with Crippen molar-refractivity contribution in [3.05, 3.63) is 17.8 Å². The van der Waals surface area contributed by atoms with Crippen molar-refractivity contribution in [2.24, 2.45) is 4.99 Å². The number of oxazole rings is 1. The van der Waals surface area contributed by atoms with E-state index in [2.05, 4.69) is 41.4 Å². The minimum atomic E-state index is -0.255. The van der Waals surface area contributed by atoms with E-state index < -0.39 is 0 Å². The molecule has 0 aliphatic rings. The highest BCUT2D eigenvalue weighted by molar-refractivity contribution is 5.86. The number of carbonyl (C=O) groups is 1. The number of nitrogens with zero attached hydrogens (tertiary/aromatic N) is 3. The molecule has 25 heavy (non-hydrogen) atoms. The lowest BCUT2D eigenvalue weighted by molar-refractivity contribution is -0.122.